The maximum absolute atomic E-state index is 14.1. The standard InChI is InChI=1S/C25H23FN4/c1-3-17-6-4-5-7-20-19(17)13-15-30-16(2)22(29-25(20)30)10-8-18-9-11-23-24(28-18)21(26)12-14-27-23/h4-7,9,11-15,17H,3,8,10H2,1-2H3. The van der Waals surface area contributed by atoms with Crippen LogP contribution in [-0.2, 0) is 12.8 Å². The molecule has 1 aliphatic carbocycles. The van der Waals surface area contributed by atoms with Gasteiger partial charge in [-0.25, -0.2) is 14.4 Å². The first-order valence-electron chi connectivity index (χ1n) is 10.4. The number of fused-ring (bicyclic) bond motifs is 4. The molecule has 0 amide bonds. The molecule has 0 saturated heterocycles. The molecular weight excluding hydrogens is 375 g/mol. The lowest BCUT2D eigenvalue weighted by Crippen LogP contribution is -2.00. The first kappa shape index (κ1) is 18.7. The van der Waals surface area contributed by atoms with Crippen molar-refractivity contribution in [1.29, 1.82) is 0 Å². The van der Waals surface area contributed by atoms with E-state index in [1.807, 2.05) is 12.1 Å². The normalized spacial score (nSPS) is 15.6. The van der Waals surface area contributed by atoms with Gasteiger partial charge in [0.25, 0.3) is 0 Å². The van der Waals surface area contributed by atoms with E-state index in [0.29, 0.717) is 23.4 Å². The molecule has 4 nitrogen and oxygen atoms in total. The monoisotopic (exact) mass is 398 g/mol. The second-order valence-corrected chi connectivity index (χ2v) is 7.74. The van der Waals surface area contributed by atoms with Gasteiger partial charge in [-0.05, 0) is 56.0 Å². The van der Waals surface area contributed by atoms with E-state index in [1.165, 1.54) is 23.4 Å². The molecule has 0 radical (unpaired) electrons. The third-order valence-corrected chi connectivity index (χ3v) is 5.97. The van der Waals surface area contributed by atoms with Gasteiger partial charge in [0.15, 0.2) is 5.82 Å². The zero-order valence-corrected chi connectivity index (χ0v) is 17.1. The number of imidazole rings is 1. The van der Waals surface area contributed by atoms with Crippen LogP contribution >= 0.6 is 0 Å². The molecule has 0 bridgehead atoms. The van der Waals surface area contributed by atoms with Gasteiger partial charge in [0.05, 0.1) is 11.2 Å². The summed E-state index contributed by atoms with van der Waals surface area (Å²) in [6.07, 6.45) is 14.8. The minimum atomic E-state index is -0.334. The van der Waals surface area contributed by atoms with Gasteiger partial charge in [-0.3, -0.25) is 4.98 Å². The number of rotatable bonds is 4. The molecule has 0 saturated carbocycles. The molecule has 0 N–H and O–H groups in total. The van der Waals surface area contributed by atoms with E-state index in [2.05, 4.69) is 64.8 Å². The Bertz CT molecular complexity index is 1320. The second-order valence-electron chi connectivity index (χ2n) is 7.74. The second kappa shape index (κ2) is 7.48. The van der Waals surface area contributed by atoms with Crippen molar-refractivity contribution in [2.75, 3.05) is 0 Å². The number of hydrogen-bond donors (Lipinski definition) is 0. The molecule has 4 aromatic rings. The lowest BCUT2D eigenvalue weighted by atomic mass is 9.94. The molecule has 5 heteroatoms. The van der Waals surface area contributed by atoms with Crippen LogP contribution in [0.2, 0.25) is 0 Å². The summed E-state index contributed by atoms with van der Waals surface area (Å²) in [5.74, 6) is 0.0742. The average molecular weight is 398 g/mol. The van der Waals surface area contributed by atoms with Crippen LogP contribution < -0.4 is 0 Å². The molecule has 0 fully saturated rings. The van der Waals surface area contributed by atoms with Gasteiger partial charge in [-0.15, -0.1) is 0 Å². The minimum Gasteiger partial charge on any atom is -0.304 e. The molecule has 150 valence electrons. The number of pyridine rings is 3. The van der Waals surface area contributed by atoms with Crippen LogP contribution in [0.4, 0.5) is 4.39 Å². The summed E-state index contributed by atoms with van der Waals surface area (Å²) in [4.78, 5) is 13.7. The third kappa shape index (κ3) is 3.11. The summed E-state index contributed by atoms with van der Waals surface area (Å²) in [5.41, 5.74) is 7.47. The highest BCUT2D eigenvalue weighted by atomic mass is 19.1. The summed E-state index contributed by atoms with van der Waals surface area (Å²) in [5, 5.41) is 0. The van der Waals surface area contributed by atoms with Gasteiger partial charge in [-0.2, -0.15) is 0 Å². The number of nitrogens with zero attached hydrogens (tertiary/aromatic N) is 4. The number of aromatic nitrogens is 4. The van der Waals surface area contributed by atoms with Gasteiger partial charge in [0.2, 0.25) is 0 Å². The van der Waals surface area contributed by atoms with E-state index in [4.69, 9.17) is 4.98 Å². The Hall–Kier alpha value is -3.34. The van der Waals surface area contributed by atoms with E-state index in [9.17, 15) is 4.39 Å². The smallest absolute Gasteiger partial charge is 0.152 e. The fourth-order valence-corrected chi connectivity index (χ4v) is 4.27. The maximum Gasteiger partial charge on any atom is 0.152 e. The van der Waals surface area contributed by atoms with Crippen molar-refractivity contribution < 1.29 is 4.39 Å². The highest BCUT2D eigenvalue weighted by Gasteiger charge is 2.18. The van der Waals surface area contributed by atoms with Crippen LogP contribution in [0.5, 0.6) is 0 Å². The van der Waals surface area contributed by atoms with Crippen molar-refractivity contribution in [3.05, 3.63) is 88.9 Å². The third-order valence-electron chi connectivity index (χ3n) is 5.97. The Labute approximate surface area is 174 Å². The van der Waals surface area contributed by atoms with Crippen LogP contribution in [-0.4, -0.2) is 19.4 Å². The van der Waals surface area contributed by atoms with E-state index in [-0.39, 0.29) is 5.82 Å². The van der Waals surface area contributed by atoms with Gasteiger partial charge in [-0.1, -0.05) is 31.2 Å². The fraction of sp³-hybridized carbons (Fsp3) is 0.240. The first-order valence-corrected chi connectivity index (χ1v) is 10.4. The summed E-state index contributed by atoms with van der Waals surface area (Å²) in [6.45, 7) is 4.32. The van der Waals surface area contributed by atoms with Crippen LogP contribution in [0.3, 0.4) is 0 Å². The van der Waals surface area contributed by atoms with Crippen molar-refractivity contribution in [2.45, 2.75) is 39.0 Å². The molecule has 1 aliphatic rings. The number of allylic oxidation sites excluding steroid dienone is 3. The maximum atomic E-state index is 14.1. The zero-order valence-electron chi connectivity index (χ0n) is 17.1. The van der Waals surface area contributed by atoms with Crippen molar-refractivity contribution >= 4 is 22.8 Å². The van der Waals surface area contributed by atoms with Crippen molar-refractivity contribution in [3.63, 3.8) is 0 Å². The molecular formula is C25H23FN4. The molecule has 1 atom stereocenters. The highest BCUT2D eigenvalue weighted by molar-refractivity contribution is 5.74. The molecule has 0 spiro atoms. The molecule has 5 rings (SSSR count). The quantitative estimate of drug-likeness (QED) is 0.450. The summed E-state index contributed by atoms with van der Waals surface area (Å²) >= 11 is 0. The Kier molecular flexibility index (Phi) is 4.66. The van der Waals surface area contributed by atoms with Crippen molar-refractivity contribution in [2.24, 2.45) is 0 Å². The van der Waals surface area contributed by atoms with Gasteiger partial charge >= 0.3 is 0 Å². The van der Waals surface area contributed by atoms with E-state index >= 15 is 0 Å². The summed E-state index contributed by atoms with van der Waals surface area (Å²) < 4.78 is 16.2. The average Bonchev–Trinajstić information content (AvgIpc) is 2.95. The summed E-state index contributed by atoms with van der Waals surface area (Å²) in [6, 6.07) is 7.32. The number of aryl methyl sites for hydroxylation is 3. The largest absolute Gasteiger partial charge is 0.304 e. The van der Waals surface area contributed by atoms with E-state index < -0.39 is 0 Å². The molecule has 30 heavy (non-hydrogen) atoms. The molecule has 4 heterocycles. The molecule has 1 unspecified atom stereocenters. The Morgan fingerprint density at radius 1 is 1.07 bits per heavy atom. The molecule has 0 aromatic carbocycles. The lowest BCUT2D eigenvalue weighted by Gasteiger charge is -2.13. The van der Waals surface area contributed by atoms with Crippen LogP contribution in [0, 0.1) is 12.7 Å². The summed E-state index contributed by atoms with van der Waals surface area (Å²) in [7, 11) is 0. The Morgan fingerprint density at radius 3 is 2.83 bits per heavy atom. The Morgan fingerprint density at radius 2 is 1.97 bits per heavy atom. The molecule has 4 aromatic heterocycles. The predicted octanol–water partition coefficient (Wildman–Crippen LogP) is 5.59. The predicted molar refractivity (Wildman–Crippen MR) is 118 cm³/mol. The number of halogens is 1. The number of hydrogen-bond acceptors (Lipinski definition) is 3. The fourth-order valence-electron chi connectivity index (χ4n) is 4.27. The first-order chi connectivity index (χ1) is 14.7. The van der Waals surface area contributed by atoms with Gasteiger partial charge < -0.3 is 4.40 Å². The van der Waals surface area contributed by atoms with Crippen LogP contribution in [0.1, 0.15) is 47.5 Å². The minimum absolute atomic E-state index is 0.329. The SMILES string of the molecule is CCC1C=CC=Cc2c1ccn1c(C)c(CCc3ccc4nccc(F)c4n3)nc21. The van der Waals surface area contributed by atoms with E-state index in [0.717, 1.165) is 35.6 Å². The highest BCUT2D eigenvalue weighted by Crippen LogP contribution is 2.31. The van der Waals surface area contributed by atoms with Gasteiger partial charge in [0, 0.05) is 35.3 Å². The lowest BCUT2D eigenvalue weighted by molar-refractivity contribution is 0.634. The van der Waals surface area contributed by atoms with Gasteiger partial charge in [0.1, 0.15) is 11.2 Å². The zero-order chi connectivity index (χ0) is 20.7. The van der Waals surface area contributed by atoms with Crippen LogP contribution in [0.15, 0.2) is 54.9 Å². The Balaban J connectivity index is 1.49. The van der Waals surface area contributed by atoms with E-state index in [1.54, 1.807) is 0 Å². The van der Waals surface area contributed by atoms with Crippen molar-refractivity contribution in [3.8, 4) is 0 Å². The molecule has 0 aliphatic heterocycles. The van der Waals surface area contributed by atoms with Crippen LogP contribution in [0.25, 0.3) is 22.8 Å². The van der Waals surface area contributed by atoms with Crippen molar-refractivity contribution in [1.82, 2.24) is 19.4 Å². The topological polar surface area (TPSA) is 43.1 Å².